The summed E-state index contributed by atoms with van der Waals surface area (Å²) in [5, 5.41) is 4.30. The number of rotatable bonds is 6. The van der Waals surface area contributed by atoms with Gasteiger partial charge >= 0.3 is 0 Å². The molecule has 0 fully saturated rings. The van der Waals surface area contributed by atoms with Gasteiger partial charge in [-0.25, -0.2) is 0 Å². The summed E-state index contributed by atoms with van der Waals surface area (Å²) in [6, 6.07) is 18.6. The molecular formula is C26H22ClNO4. The van der Waals surface area contributed by atoms with E-state index in [0.717, 1.165) is 33.4 Å². The first-order chi connectivity index (χ1) is 15.5. The van der Waals surface area contributed by atoms with E-state index in [2.05, 4.69) is 5.32 Å². The van der Waals surface area contributed by atoms with Crippen LogP contribution >= 0.6 is 11.6 Å². The molecule has 0 spiro atoms. The van der Waals surface area contributed by atoms with Gasteiger partial charge in [0.2, 0.25) is 5.91 Å². The van der Waals surface area contributed by atoms with E-state index >= 15 is 0 Å². The molecule has 6 heteroatoms. The van der Waals surface area contributed by atoms with Crippen LogP contribution in [-0.4, -0.2) is 20.1 Å². The molecule has 162 valence electrons. The van der Waals surface area contributed by atoms with Gasteiger partial charge in [0.25, 0.3) is 0 Å². The van der Waals surface area contributed by atoms with Gasteiger partial charge in [-0.2, -0.15) is 0 Å². The van der Waals surface area contributed by atoms with Crippen LogP contribution in [-0.2, 0) is 4.79 Å². The van der Waals surface area contributed by atoms with E-state index in [0.29, 0.717) is 22.0 Å². The molecule has 5 nitrogen and oxygen atoms in total. The van der Waals surface area contributed by atoms with Crippen molar-refractivity contribution in [1.29, 1.82) is 0 Å². The van der Waals surface area contributed by atoms with Gasteiger partial charge in [0.15, 0.2) is 0 Å². The van der Waals surface area contributed by atoms with Crippen molar-refractivity contribution >= 4 is 39.7 Å². The van der Waals surface area contributed by atoms with Crippen molar-refractivity contribution in [2.45, 2.75) is 6.92 Å². The highest BCUT2D eigenvalue weighted by molar-refractivity contribution is 6.31. The molecule has 1 heterocycles. The highest BCUT2D eigenvalue weighted by Gasteiger charge is 2.15. The van der Waals surface area contributed by atoms with Gasteiger partial charge in [0, 0.05) is 39.4 Å². The number of fused-ring (bicyclic) bond motifs is 1. The predicted octanol–water partition coefficient (Wildman–Crippen LogP) is 6.81. The Balaban J connectivity index is 1.72. The molecule has 0 radical (unpaired) electrons. The maximum absolute atomic E-state index is 12.6. The lowest BCUT2D eigenvalue weighted by Gasteiger charge is -2.10. The first kappa shape index (κ1) is 21.5. The van der Waals surface area contributed by atoms with Crippen molar-refractivity contribution in [3.05, 3.63) is 83.6 Å². The normalized spacial score (nSPS) is 11.4. The van der Waals surface area contributed by atoms with E-state index in [1.54, 1.807) is 44.7 Å². The number of halogens is 1. The molecule has 0 aliphatic rings. The second-order valence-corrected chi connectivity index (χ2v) is 7.69. The first-order valence-electron chi connectivity index (χ1n) is 9.97. The summed E-state index contributed by atoms with van der Waals surface area (Å²) >= 11 is 6.00. The Labute approximate surface area is 191 Å². The number of anilines is 1. The number of furan rings is 1. The number of allylic oxidation sites excluding steroid dienone is 1. The Hall–Kier alpha value is -3.70. The standard InChI is InChI=1S/C26H22ClNO4/c1-16(10-26(29)28-19-8-5-7-18(27)12-19)21-13-22-23(15-32-25(22)14-24(21)31-3)17-6-4-9-20(11-17)30-2/h4-15H,1-3H3,(H,28,29)/b16-10+. The van der Waals surface area contributed by atoms with Gasteiger partial charge in [0.1, 0.15) is 17.1 Å². The van der Waals surface area contributed by atoms with Crippen LogP contribution in [0, 0.1) is 0 Å². The monoisotopic (exact) mass is 447 g/mol. The third kappa shape index (κ3) is 4.48. The van der Waals surface area contributed by atoms with Gasteiger partial charge in [-0.05, 0) is 54.5 Å². The molecule has 4 aromatic rings. The summed E-state index contributed by atoms with van der Waals surface area (Å²) in [5.74, 6) is 1.12. The minimum Gasteiger partial charge on any atom is -0.497 e. The number of hydrogen-bond donors (Lipinski definition) is 1. The maximum atomic E-state index is 12.6. The van der Waals surface area contributed by atoms with Crippen molar-refractivity contribution < 1.29 is 18.7 Å². The van der Waals surface area contributed by atoms with Crippen LogP contribution in [0.4, 0.5) is 5.69 Å². The largest absolute Gasteiger partial charge is 0.497 e. The van der Waals surface area contributed by atoms with Crippen LogP contribution in [0.15, 0.2) is 77.4 Å². The molecular weight excluding hydrogens is 426 g/mol. The number of methoxy groups -OCH3 is 2. The van der Waals surface area contributed by atoms with E-state index < -0.39 is 0 Å². The predicted molar refractivity (Wildman–Crippen MR) is 128 cm³/mol. The van der Waals surface area contributed by atoms with Crippen LogP contribution in [0.3, 0.4) is 0 Å². The highest BCUT2D eigenvalue weighted by atomic mass is 35.5. The fraction of sp³-hybridized carbons (Fsp3) is 0.115. The summed E-state index contributed by atoms with van der Waals surface area (Å²) < 4.78 is 16.7. The Kier molecular flexibility index (Phi) is 6.19. The van der Waals surface area contributed by atoms with Crippen molar-refractivity contribution in [3.63, 3.8) is 0 Å². The number of nitrogens with one attached hydrogen (secondary N) is 1. The van der Waals surface area contributed by atoms with E-state index in [-0.39, 0.29) is 5.91 Å². The number of amides is 1. The van der Waals surface area contributed by atoms with Gasteiger partial charge in [-0.15, -0.1) is 0 Å². The highest BCUT2D eigenvalue weighted by Crippen LogP contribution is 2.38. The Bertz CT molecular complexity index is 1320. The number of benzene rings is 3. The van der Waals surface area contributed by atoms with Gasteiger partial charge < -0.3 is 19.2 Å². The topological polar surface area (TPSA) is 60.7 Å². The molecule has 0 bridgehead atoms. The number of hydrogen-bond acceptors (Lipinski definition) is 4. The van der Waals surface area contributed by atoms with E-state index in [1.807, 2.05) is 43.3 Å². The quantitative estimate of drug-likeness (QED) is 0.330. The molecule has 0 saturated heterocycles. The van der Waals surface area contributed by atoms with Crippen LogP contribution in [0.2, 0.25) is 5.02 Å². The lowest BCUT2D eigenvalue weighted by atomic mass is 9.99. The first-order valence-corrected chi connectivity index (χ1v) is 10.3. The van der Waals surface area contributed by atoms with Crippen LogP contribution in [0.1, 0.15) is 12.5 Å². The maximum Gasteiger partial charge on any atom is 0.248 e. The van der Waals surface area contributed by atoms with Crippen LogP contribution in [0.5, 0.6) is 11.5 Å². The third-order valence-electron chi connectivity index (χ3n) is 5.14. The van der Waals surface area contributed by atoms with Crippen LogP contribution in [0.25, 0.3) is 27.7 Å². The number of carbonyl (C=O) groups is 1. The van der Waals surface area contributed by atoms with Gasteiger partial charge in [-0.1, -0.05) is 29.8 Å². The molecule has 0 saturated carbocycles. The van der Waals surface area contributed by atoms with Crippen molar-refractivity contribution in [2.75, 3.05) is 19.5 Å². The zero-order chi connectivity index (χ0) is 22.7. The minimum absolute atomic E-state index is 0.257. The average molecular weight is 448 g/mol. The second kappa shape index (κ2) is 9.20. The fourth-order valence-corrected chi connectivity index (χ4v) is 3.76. The Morgan fingerprint density at radius 2 is 1.84 bits per heavy atom. The molecule has 0 atom stereocenters. The zero-order valence-corrected chi connectivity index (χ0v) is 18.7. The third-order valence-corrected chi connectivity index (χ3v) is 5.38. The summed E-state index contributed by atoms with van der Waals surface area (Å²) in [6.07, 6.45) is 3.25. The lowest BCUT2D eigenvalue weighted by Crippen LogP contribution is -2.08. The molecule has 1 amide bonds. The molecule has 0 unspecified atom stereocenters. The molecule has 32 heavy (non-hydrogen) atoms. The van der Waals surface area contributed by atoms with E-state index in [1.165, 1.54) is 6.08 Å². The van der Waals surface area contributed by atoms with Gasteiger partial charge in [0.05, 0.1) is 20.5 Å². The molecule has 1 aromatic heterocycles. The molecule has 3 aromatic carbocycles. The van der Waals surface area contributed by atoms with E-state index in [9.17, 15) is 4.79 Å². The fourth-order valence-electron chi connectivity index (χ4n) is 3.57. The molecule has 0 aliphatic heterocycles. The Morgan fingerprint density at radius 3 is 2.59 bits per heavy atom. The minimum atomic E-state index is -0.257. The summed E-state index contributed by atoms with van der Waals surface area (Å²) in [6.45, 7) is 1.87. The average Bonchev–Trinajstić information content (AvgIpc) is 3.21. The van der Waals surface area contributed by atoms with Crippen molar-refractivity contribution in [2.24, 2.45) is 0 Å². The van der Waals surface area contributed by atoms with Gasteiger partial charge in [-0.3, -0.25) is 4.79 Å². The smallest absolute Gasteiger partial charge is 0.248 e. The molecule has 1 N–H and O–H groups in total. The second-order valence-electron chi connectivity index (χ2n) is 7.26. The SMILES string of the molecule is COc1cccc(-c2coc3cc(OC)c(/C(C)=C/C(=O)Nc4cccc(Cl)c4)cc23)c1. The Morgan fingerprint density at radius 1 is 1.03 bits per heavy atom. The zero-order valence-electron chi connectivity index (χ0n) is 17.9. The summed E-state index contributed by atoms with van der Waals surface area (Å²) in [7, 11) is 3.23. The molecule has 0 aliphatic carbocycles. The molecule has 4 rings (SSSR count). The number of carbonyl (C=O) groups excluding carboxylic acids is 1. The van der Waals surface area contributed by atoms with Crippen molar-refractivity contribution in [3.8, 4) is 22.6 Å². The van der Waals surface area contributed by atoms with Crippen molar-refractivity contribution in [1.82, 2.24) is 0 Å². The van der Waals surface area contributed by atoms with E-state index in [4.69, 9.17) is 25.5 Å². The lowest BCUT2D eigenvalue weighted by molar-refractivity contribution is -0.111. The summed E-state index contributed by atoms with van der Waals surface area (Å²) in [4.78, 5) is 12.6. The summed E-state index contributed by atoms with van der Waals surface area (Å²) in [5.41, 5.74) is 4.77. The van der Waals surface area contributed by atoms with Crippen LogP contribution < -0.4 is 14.8 Å². The number of ether oxygens (including phenoxy) is 2.